The van der Waals surface area contributed by atoms with Gasteiger partial charge in [0, 0.05) is 26.2 Å². The third kappa shape index (κ3) is 3.85. The third-order valence-electron chi connectivity index (χ3n) is 3.23. The molecule has 17 heavy (non-hydrogen) atoms. The molecular formula is C14H19N3. The second-order valence-corrected chi connectivity index (χ2v) is 4.50. The van der Waals surface area contributed by atoms with E-state index in [1.165, 1.54) is 31.6 Å². The average molecular weight is 229 g/mol. The van der Waals surface area contributed by atoms with Crippen LogP contribution in [0.2, 0.25) is 0 Å². The number of hydrogen-bond donors (Lipinski definition) is 1. The number of nitrogens with zero attached hydrogens (tertiary/aromatic N) is 2. The molecule has 0 aliphatic carbocycles. The summed E-state index contributed by atoms with van der Waals surface area (Å²) in [4.78, 5) is 2.51. The van der Waals surface area contributed by atoms with Crippen molar-refractivity contribution in [1.82, 2.24) is 10.2 Å². The predicted octanol–water partition coefficient (Wildman–Crippen LogP) is 1.40. The molecule has 1 aromatic rings. The van der Waals surface area contributed by atoms with Crippen LogP contribution in [0.25, 0.3) is 0 Å². The fraction of sp³-hybridized carbons (Fsp3) is 0.500. The van der Waals surface area contributed by atoms with E-state index in [9.17, 15) is 0 Å². The maximum absolute atomic E-state index is 8.71. The summed E-state index contributed by atoms with van der Waals surface area (Å²) in [5.74, 6) is 0. The molecule has 3 nitrogen and oxygen atoms in total. The van der Waals surface area contributed by atoms with Gasteiger partial charge in [0.15, 0.2) is 0 Å². The molecule has 0 spiro atoms. The van der Waals surface area contributed by atoms with E-state index in [0.29, 0.717) is 0 Å². The molecule has 90 valence electrons. The monoisotopic (exact) mass is 229 g/mol. The molecule has 1 aromatic carbocycles. The highest BCUT2D eigenvalue weighted by Crippen LogP contribution is 2.06. The van der Waals surface area contributed by atoms with Crippen molar-refractivity contribution in [2.24, 2.45) is 0 Å². The van der Waals surface area contributed by atoms with Crippen molar-refractivity contribution in [2.45, 2.75) is 12.8 Å². The van der Waals surface area contributed by atoms with Gasteiger partial charge in [0.05, 0.1) is 11.6 Å². The van der Waals surface area contributed by atoms with Crippen LogP contribution in [0.1, 0.15) is 17.5 Å². The van der Waals surface area contributed by atoms with Crippen LogP contribution in [0.5, 0.6) is 0 Å². The third-order valence-corrected chi connectivity index (χ3v) is 3.23. The van der Waals surface area contributed by atoms with E-state index in [0.717, 1.165) is 25.1 Å². The Labute approximate surface area is 103 Å². The molecule has 3 heteroatoms. The smallest absolute Gasteiger partial charge is 0.0991 e. The molecule has 0 aromatic heterocycles. The molecule has 2 rings (SSSR count). The van der Waals surface area contributed by atoms with Gasteiger partial charge in [-0.2, -0.15) is 5.26 Å². The normalized spacial score (nSPS) is 16.6. The minimum absolute atomic E-state index is 0.746. The summed E-state index contributed by atoms with van der Waals surface area (Å²) in [6.45, 7) is 5.77. The van der Waals surface area contributed by atoms with E-state index < -0.39 is 0 Å². The van der Waals surface area contributed by atoms with Crippen molar-refractivity contribution >= 4 is 0 Å². The first-order valence-electron chi connectivity index (χ1n) is 6.30. The van der Waals surface area contributed by atoms with Crippen LogP contribution >= 0.6 is 0 Å². The van der Waals surface area contributed by atoms with Gasteiger partial charge in [0.2, 0.25) is 0 Å². The van der Waals surface area contributed by atoms with Gasteiger partial charge in [-0.3, -0.25) is 0 Å². The van der Waals surface area contributed by atoms with Gasteiger partial charge in [-0.05, 0) is 37.1 Å². The molecular weight excluding hydrogens is 210 g/mol. The standard InChI is InChI=1S/C14H19N3/c15-12-14-5-3-13(4-6-14)2-1-9-17-10-7-16-8-11-17/h3-6,16H,1-2,7-11H2. The number of nitriles is 1. The van der Waals surface area contributed by atoms with Crippen molar-refractivity contribution in [3.8, 4) is 6.07 Å². The number of hydrogen-bond acceptors (Lipinski definition) is 3. The zero-order valence-electron chi connectivity index (χ0n) is 10.2. The maximum atomic E-state index is 8.71. The number of rotatable bonds is 4. The number of aryl methyl sites for hydroxylation is 1. The molecule has 1 N–H and O–H groups in total. The summed E-state index contributed by atoms with van der Waals surface area (Å²) < 4.78 is 0. The summed E-state index contributed by atoms with van der Waals surface area (Å²) >= 11 is 0. The van der Waals surface area contributed by atoms with Gasteiger partial charge in [-0.25, -0.2) is 0 Å². The van der Waals surface area contributed by atoms with E-state index in [4.69, 9.17) is 5.26 Å². The van der Waals surface area contributed by atoms with E-state index in [1.54, 1.807) is 0 Å². The zero-order valence-corrected chi connectivity index (χ0v) is 10.2. The van der Waals surface area contributed by atoms with Gasteiger partial charge in [0.1, 0.15) is 0 Å². The molecule has 0 unspecified atom stereocenters. The second kappa shape index (κ2) is 6.39. The Kier molecular flexibility index (Phi) is 4.54. The fourth-order valence-corrected chi connectivity index (χ4v) is 2.19. The van der Waals surface area contributed by atoms with Crippen LogP contribution in [0.4, 0.5) is 0 Å². The Bertz CT molecular complexity index is 371. The lowest BCUT2D eigenvalue weighted by molar-refractivity contribution is 0.238. The highest BCUT2D eigenvalue weighted by atomic mass is 15.2. The van der Waals surface area contributed by atoms with Crippen molar-refractivity contribution in [1.29, 1.82) is 5.26 Å². The van der Waals surface area contributed by atoms with E-state index in [2.05, 4.69) is 28.4 Å². The Morgan fingerprint density at radius 3 is 2.53 bits per heavy atom. The van der Waals surface area contributed by atoms with Crippen molar-refractivity contribution in [3.05, 3.63) is 35.4 Å². The largest absolute Gasteiger partial charge is 0.314 e. The lowest BCUT2D eigenvalue weighted by Crippen LogP contribution is -2.43. The van der Waals surface area contributed by atoms with Gasteiger partial charge in [-0.15, -0.1) is 0 Å². The van der Waals surface area contributed by atoms with E-state index >= 15 is 0 Å². The average Bonchev–Trinajstić information content (AvgIpc) is 2.41. The molecule has 0 saturated carbocycles. The molecule has 0 amide bonds. The van der Waals surface area contributed by atoms with Crippen LogP contribution in [0.15, 0.2) is 24.3 Å². The summed E-state index contributed by atoms with van der Waals surface area (Å²) in [5.41, 5.74) is 2.08. The highest BCUT2D eigenvalue weighted by molar-refractivity contribution is 5.31. The molecule has 1 saturated heterocycles. The Hall–Kier alpha value is -1.37. The van der Waals surface area contributed by atoms with E-state index in [1.807, 2.05) is 12.1 Å². The van der Waals surface area contributed by atoms with Crippen molar-refractivity contribution < 1.29 is 0 Å². The van der Waals surface area contributed by atoms with Crippen LogP contribution in [0.3, 0.4) is 0 Å². The minimum atomic E-state index is 0.746. The second-order valence-electron chi connectivity index (χ2n) is 4.50. The summed E-state index contributed by atoms with van der Waals surface area (Å²) in [7, 11) is 0. The first-order chi connectivity index (χ1) is 8.38. The van der Waals surface area contributed by atoms with Crippen LogP contribution in [-0.2, 0) is 6.42 Å². The van der Waals surface area contributed by atoms with E-state index in [-0.39, 0.29) is 0 Å². The summed E-state index contributed by atoms with van der Waals surface area (Å²) in [5, 5.41) is 12.1. The van der Waals surface area contributed by atoms with Crippen molar-refractivity contribution in [3.63, 3.8) is 0 Å². The molecule has 1 fully saturated rings. The van der Waals surface area contributed by atoms with Crippen LogP contribution in [-0.4, -0.2) is 37.6 Å². The van der Waals surface area contributed by atoms with Gasteiger partial charge in [0.25, 0.3) is 0 Å². The Morgan fingerprint density at radius 2 is 1.88 bits per heavy atom. The lowest BCUT2D eigenvalue weighted by atomic mass is 10.1. The summed E-state index contributed by atoms with van der Waals surface area (Å²) in [6.07, 6.45) is 2.31. The number of nitrogens with one attached hydrogen (secondary N) is 1. The fourth-order valence-electron chi connectivity index (χ4n) is 2.19. The lowest BCUT2D eigenvalue weighted by Gasteiger charge is -2.27. The molecule has 1 aliphatic rings. The predicted molar refractivity (Wildman–Crippen MR) is 68.8 cm³/mol. The molecule has 0 atom stereocenters. The minimum Gasteiger partial charge on any atom is -0.314 e. The van der Waals surface area contributed by atoms with Gasteiger partial charge < -0.3 is 10.2 Å². The number of benzene rings is 1. The molecule has 1 aliphatic heterocycles. The molecule has 0 radical (unpaired) electrons. The van der Waals surface area contributed by atoms with Crippen LogP contribution in [0, 0.1) is 11.3 Å². The Morgan fingerprint density at radius 1 is 1.18 bits per heavy atom. The topological polar surface area (TPSA) is 39.1 Å². The SMILES string of the molecule is N#Cc1ccc(CCCN2CCNCC2)cc1. The maximum Gasteiger partial charge on any atom is 0.0991 e. The number of piperazine rings is 1. The van der Waals surface area contributed by atoms with Crippen molar-refractivity contribution in [2.75, 3.05) is 32.7 Å². The van der Waals surface area contributed by atoms with Gasteiger partial charge in [-0.1, -0.05) is 12.1 Å². The Balaban J connectivity index is 1.72. The first-order valence-corrected chi connectivity index (χ1v) is 6.30. The molecule has 1 heterocycles. The summed E-state index contributed by atoms with van der Waals surface area (Å²) in [6, 6.07) is 10.1. The van der Waals surface area contributed by atoms with Crippen LogP contribution < -0.4 is 5.32 Å². The highest BCUT2D eigenvalue weighted by Gasteiger charge is 2.08. The zero-order chi connectivity index (χ0) is 11.9. The first kappa shape index (κ1) is 12.1. The molecule has 0 bridgehead atoms. The quantitative estimate of drug-likeness (QED) is 0.848. The van der Waals surface area contributed by atoms with Gasteiger partial charge >= 0.3 is 0 Å².